The molecule has 1 aromatic heterocycles. The molecule has 7 rings (SSSR count). The second-order valence-electron chi connectivity index (χ2n) is 13.8. The monoisotopic (exact) mass is 530 g/mol. The molecule has 4 fully saturated rings. The second kappa shape index (κ2) is 7.94. The highest BCUT2D eigenvalue weighted by Gasteiger charge is 2.88. The SMILES string of the molecule is CC1(C)C(=O)C=C[C@]2(C)[C@H]3CC[C@@]4(C)[C@@H](c5ccoc5)OC(=O)[C@H]5O[C@]54[C@]3(C)[C@H](OCc3ccccc3)C[C@@H]12. The second-order valence-corrected chi connectivity index (χ2v) is 13.8. The number of hydrogen-bond acceptors (Lipinski definition) is 6. The Balaban J connectivity index is 1.38. The summed E-state index contributed by atoms with van der Waals surface area (Å²) in [6.45, 7) is 11.5. The Bertz CT molecular complexity index is 1350. The van der Waals surface area contributed by atoms with Crippen LogP contribution in [0.25, 0.3) is 0 Å². The van der Waals surface area contributed by atoms with Gasteiger partial charge < -0.3 is 18.6 Å². The van der Waals surface area contributed by atoms with Crippen molar-refractivity contribution < 1.29 is 28.2 Å². The van der Waals surface area contributed by atoms with Gasteiger partial charge in [-0.15, -0.1) is 0 Å². The van der Waals surface area contributed by atoms with Crippen LogP contribution in [0.5, 0.6) is 0 Å². The summed E-state index contributed by atoms with van der Waals surface area (Å²) in [6.07, 6.45) is 8.49. The van der Waals surface area contributed by atoms with Gasteiger partial charge in [0.1, 0.15) is 11.7 Å². The van der Waals surface area contributed by atoms with Gasteiger partial charge in [-0.1, -0.05) is 71.0 Å². The summed E-state index contributed by atoms with van der Waals surface area (Å²) in [5.74, 6) is 0.141. The molecule has 6 nitrogen and oxygen atoms in total. The van der Waals surface area contributed by atoms with Gasteiger partial charge >= 0.3 is 5.97 Å². The Morgan fingerprint density at radius 2 is 1.74 bits per heavy atom. The van der Waals surface area contributed by atoms with Crippen LogP contribution in [0.1, 0.15) is 71.1 Å². The van der Waals surface area contributed by atoms with Gasteiger partial charge in [0, 0.05) is 21.8 Å². The molecule has 0 amide bonds. The van der Waals surface area contributed by atoms with E-state index in [0.717, 1.165) is 30.4 Å². The van der Waals surface area contributed by atoms with E-state index in [0.29, 0.717) is 6.61 Å². The van der Waals surface area contributed by atoms with Crippen LogP contribution in [0.15, 0.2) is 65.5 Å². The lowest BCUT2D eigenvalue weighted by Gasteiger charge is -2.69. The molecule has 3 aliphatic carbocycles. The van der Waals surface area contributed by atoms with Gasteiger partial charge in [0.05, 0.1) is 25.2 Å². The average molecular weight is 531 g/mol. The fourth-order valence-corrected chi connectivity index (χ4v) is 9.84. The molecule has 0 N–H and O–H groups in total. The summed E-state index contributed by atoms with van der Waals surface area (Å²) < 4.78 is 25.1. The number of ether oxygens (including phenoxy) is 3. The minimum atomic E-state index is -0.741. The summed E-state index contributed by atoms with van der Waals surface area (Å²) in [4.78, 5) is 26.7. The average Bonchev–Trinajstić information content (AvgIpc) is 3.48. The summed E-state index contributed by atoms with van der Waals surface area (Å²) in [7, 11) is 0. The van der Waals surface area contributed by atoms with Crippen molar-refractivity contribution in [3.8, 4) is 0 Å². The number of allylic oxidation sites excluding steroid dienone is 2. The van der Waals surface area contributed by atoms with Crippen molar-refractivity contribution in [3.63, 3.8) is 0 Å². The molecule has 1 aromatic carbocycles. The molecule has 5 aliphatic rings. The molecule has 3 heterocycles. The molecule has 39 heavy (non-hydrogen) atoms. The summed E-state index contributed by atoms with van der Waals surface area (Å²) in [6, 6.07) is 12.1. The van der Waals surface area contributed by atoms with Crippen molar-refractivity contribution in [2.75, 3.05) is 0 Å². The van der Waals surface area contributed by atoms with Gasteiger partial charge in [-0.3, -0.25) is 4.79 Å². The quantitative estimate of drug-likeness (QED) is 0.345. The van der Waals surface area contributed by atoms with Crippen LogP contribution in [-0.2, 0) is 30.4 Å². The Kier molecular flexibility index (Phi) is 5.15. The molecule has 1 spiro atoms. The molecule has 2 saturated carbocycles. The lowest BCUT2D eigenvalue weighted by atomic mass is 9.35. The Morgan fingerprint density at radius 1 is 0.974 bits per heavy atom. The largest absolute Gasteiger partial charge is 0.472 e. The van der Waals surface area contributed by atoms with Crippen LogP contribution in [0.2, 0.25) is 0 Å². The van der Waals surface area contributed by atoms with E-state index in [4.69, 9.17) is 18.6 Å². The van der Waals surface area contributed by atoms with Crippen LogP contribution < -0.4 is 0 Å². The molecule has 0 bridgehead atoms. The van der Waals surface area contributed by atoms with E-state index < -0.39 is 34.1 Å². The molecule has 206 valence electrons. The molecule has 9 atom stereocenters. The fraction of sp³-hybridized carbons (Fsp3) is 0.576. The van der Waals surface area contributed by atoms with Crippen molar-refractivity contribution in [2.45, 2.75) is 84.4 Å². The number of benzene rings is 1. The third kappa shape index (κ3) is 3.00. The van der Waals surface area contributed by atoms with E-state index in [9.17, 15) is 9.59 Å². The number of furan rings is 1. The predicted octanol–water partition coefficient (Wildman–Crippen LogP) is 6.21. The van der Waals surface area contributed by atoms with E-state index in [1.807, 2.05) is 30.3 Å². The smallest absolute Gasteiger partial charge is 0.339 e. The number of cyclic esters (lactones) is 1. The number of epoxide rings is 1. The number of rotatable bonds is 4. The van der Waals surface area contributed by atoms with Crippen LogP contribution >= 0.6 is 0 Å². The number of carbonyl (C=O) groups excluding carboxylic acids is 2. The van der Waals surface area contributed by atoms with Crippen LogP contribution in [-0.4, -0.2) is 29.6 Å². The van der Waals surface area contributed by atoms with Crippen LogP contribution in [0, 0.1) is 33.5 Å². The maximum Gasteiger partial charge on any atom is 0.339 e. The number of hydrogen-bond donors (Lipinski definition) is 0. The molecule has 0 radical (unpaired) electrons. The topological polar surface area (TPSA) is 78.3 Å². The van der Waals surface area contributed by atoms with Crippen molar-refractivity contribution in [1.29, 1.82) is 0 Å². The van der Waals surface area contributed by atoms with E-state index in [1.54, 1.807) is 12.5 Å². The van der Waals surface area contributed by atoms with Gasteiger partial charge in [0.25, 0.3) is 0 Å². The molecular weight excluding hydrogens is 492 g/mol. The van der Waals surface area contributed by atoms with Gasteiger partial charge in [-0.2, -0.15) is 0 Å². The summed E-state index contributed by atoms with van der Waals surface area (Å²) >= 11 is 0. The zero-order valence-electron chi connectivity index (χ0n) is 23.4. The molecule has 0 unspecified atom stereocenters. The van der Waals surface area contributed by atoms with Crippen molar-refractivity contribution in [3.05, 3.63) is 72.2 Å². The van der Waals surface area contributed by atoms with Gasteiger partial charge in [0.15, 0.2) is 11.9 Å². The highest BCUT2D eigenvalue weighted by Crippen LogP contribution is 2.79. The first-order valence-corrected chi connectivity index (χ1v) is 14.3. The highest BCUT2D eigenvalue weighted by atomic mass is 16.7. The first-order valence-electron chi connectivity index (χ1n) is 14.3. The summed E-state index contributed by atoms with van der Waals surface area (Å²) in [5, 5.41) is 0. The first-order chi connectivity index (χ1) is 18.5. The summed E-state index contributed by atoms with van der Waals surface area (Å²) in [5.41, 5.74) is -0.464. The van der Waals surface area contributed by atoms with E-state index in [2.05, 4.69) is 52.8 Å². The van der Waals surface area contributed by atoms with Gasteiger partial charge in [-0.25, -0.2) is 4.79 Å². The van der Waals surface area contributed by atoms with Crippen molar-refractivity contribution in [1.82, 2.24) is 0 Å². The Labute approximate surface area is 230 Å². The molecular formula is C33H38O6. The highest BCUT2D eigenvalue weighted by molar-refractivity contribution is 5.95. The molecule has 2 aliphatic heterocycles. The molecule has 2 saturated heterocycles. The first kappa shape index (κ1) is 25.3. The van der Waals surface area contributed by atoms with Crippen molar-refractivity contribution in [2.24, 2.45) is 33.5 Å². The third-order valence-corrected chi connectivity index (χ3v) is 11.8. The number of ketones is 1. The van der Waals surface area contributed by atoms with Crippen LogP contribution in [0.4, 0.5) is 0 Å². The normalized spacial score (nSPS) is 45.4. The zero-order chi connectivity index (χ0) is 27.4. The number of esters is 1. The minimum absolute atomic E-state index is 0.111. The maximum absolute atomic E-state index is 13.5. The zero-order valence-corrected chi connectivity index (χ0v) is 23.4. The minimum Gasteiger partial charge on any atom is -0.472 e. The van der Waals surface area contributed by atoms with Crippen LogP contribution in [0.3, 0.4) is 0 Å². The van der Waals surface area contributed by atoms with E-state index in [1.165, 1.54) is 0 Å². The standard InChI is InChI=1S/C33H38O6/c1-29(2)23-17-25(37-18-20-9-7-6-8-10-20)32(5)22(30(23,3)14-12-24(29)34)11-15-31(4)26(21-13-16-36-19-21)38-28(35)27-33(31,32)39-27/h6-10,12-14,16,19,22-23,25-27H,11,15,17-18H2,1-5H3/t22-,23+,25-,26-,27-,30-,31+,32+,33-/m1/s1. The lowest BCUT2D eigenvalue weighted by Crippen LogP contribution is -2.72. The van der Waals surface area contributed by atoms with E-state index in [-0.39, 0.29) is 35.1 Å². The molecule has 6 heteroatoms. The Morgan fingerprint density at radius 3 is 2.46 bits per heavy atom. The van der Waals surface area contributed by atoms with Gasteiger partial charge in [0.2, 0.25) is 0 Å². The third-order valence-electron chi connectivity index (χ3n) is 11.8. The van der Waals surface area contributed by atoms with Gasteiger partial charge in [-0.05, 0) is 54.2 Å². The Hall–Kier alpha value is -2.70. The predicted molar refractivity (Wildman–Crippen MR) is 143 cm³/mol. The number of carbonyl (C=O) groups is 2. The molecule has 2 aromatic rings. The maximum atomic E-state index is 13.5. The number of fused-ring (bicyclic) bond motifs is 3. The van der Waals surface area contributed by atoms with E-state index >= 15 is 0 Å². The fourth-order valence-electron chi connectivity index (χ4n) is 9.84. The van der Waals surface area contributed by atoms with Crippen molar-refractivity contribution >= 4 is 11.8 Å². The lowest BCUT2D eigenvalue weighted by molar-refractivity contribution is -0.257.